The first-order valence-corrected chi connectivity index (χ1v) is 5.57. The second-order valence-corrected chi connectivity index (χ2v) is 4.22. The van der Waals surface area contributed by atoms with Gasteiger partial charge in [-0.2, -0.15) is 0 Å². The van der Waals surface area contributed by atoms with Crippen LogP contribution in [0.5, 0.6) is 0 Å². The molecule has 2 atom stereocenters. The molecule has 0 aliphatic heterocycles. The van der Waals surface area contributed by atoms with Crippen molar-refractivity contribution < 1.29 is 5.11 Å². The van der Waals surface area contributed by atoms with Gasteiger partial charge in [-0.25, -0.2) is 9.97 Å². The number of hydrogen-bond donors (Lipinski definition) is 1. The van der Waals surface area contributed by atoms with Crippen molar-refractivity contribution in [1.29, 1.82) is 0 Å². The Balaban J connectivity index is 2.13. The minimum absolute atomic E-state index is 0.171. The van der Waals surface area contributed by atoms with Crippen LogP contribution in [0.3, 0.4) is 0 Å². The number of aromatic nitrogens is 2. The van der Waals surface area contributed by atoms with Gasteiger partial charge < -0.3 is 10.0 Å². The SMILES string of the molecule is C=Cc1ccnc(N(C)C2CCC(O)C2)n1. The Morgan fingerprint density at radius 2 is 2.38 bits per heavy atom. The average molecular weight is 219 g/mol. The molecule has 0 spiro atoms. The molecule has 0 radical (unpaired) electrons. The van der Waals surface area contributed by atoms with E-state index in [0.717, 1.165) is 25.0 Å². The van der Waals surface area contributed by atoms with Crippen LogP contribution >= 0.6 is 0 Å². The second-order valence-electron chi connectivity index (χ2n) is 4.22. The lowest BCUT2D eigenvalue weighted by Gasteiger charge is -2.24. The minimum Gasteiger partial charge on any atom is -0.393 e. The molecule has 4 heteroatoms. The van der Waals surface area contributed by atoms with Gasteiger partial charge in [0.1, 0.15) is 0 Å². The monoisotopic (exact) mass is 219 g/mol. The van der Waals surface area contributed by atoms with Crippen LogP contribution in [-0.4, -0.2) is 34.3 Å². The van der Waals surface area contributed by atoms with Crippen molar-refractivity contribution in [3.63, 3.8) is 0 Å². The third kappa shape index (κ3) is 2.22. The quantitative estimate of drug-likeness (QED) is 0.836. The maximum atomic E-state index is 9.51. The predicted molar refractivity (Wildman–Crippen MR) is 64.2 cm³/mol. The molecule has 1 fully saturated rings. The maximum absolute atomic E-state index is 9.51. The summed E-state index contributed by atoms with van der Waals surface area (Å²) >= 11 is 0. The zero-order chi connectivity index (χ0) is 11.5. The number of aliphatic hydroxyl groups is 1. The van der Waals surface area contributed by atoms with E-state index in [1.807, 2.05) is 18.0 Å². The van der Waals surface area contributed by atoms with Gasteiger partial charge in [-0.05, 0) is 31.4 Å². The van der Waals surface area contributed by atoms with Crippen molar-refractivity contribution in [2.24, 2.45) is 0 Å². The third-order valence-corrected chi connectivity index (χ3v) is 3.11. The molecular formula is C12H17N3O. The van der Waals surface area contributed by atoms with Crippen LogP contribution in [0, 0.1) is 0 Å². The summed E-state index contributed by atoms with van der Waals surface area (Å²) in [4.78, 5) is 10.7. The highest BCUT2D eigenvalue weighted by molar-refractivity contribution is 5.44. The van der Waals surface area contributed by atoms with E-state index in [-0.39, 0.29) is 6.10 Å². The standard InChI is InChI=1S/C12H17N3O/c1-3-9-6-7-13-12(14-9)15(2)10-4-5-11(16)8-10/h3,6-7,10-11,16H,1,4-5,8H2,2H3. The van der Waals surface area contributed by atoms with E-state index >= 15 is 0 Å². The molecule has 4 nitrogen and oxygen atoms in total. The summed E-state index contributed by atoms with van der Waals surface area (Å²) < 4.78 is 0. The summed E-state index contributed by atoms with van der Waals surface area (Å²) in [6.07, 6.45) is 5.95. The molecule has 1 aromatic heterocycles. The van der Waals surface area contributed by atoms with Crippen LogP contribution in [0.1, 0.15) is 25.0 Å². The highest BCUT2D eigenvalue weighted by Crippen LogP contribution is 2.25. The molecule has 0 aromatic carbocycles. The zero-order valence-electron chi connectivity index (χ0n) is 9.50. The zero-order valence-corrected chi connectivity index (χ0v) is 9.50. The fourth-order valence-corrected chi connectivity index (χ4v) is 2.10. The Labute approximate surface area is 95.6 Å². The van der Waals surface area contributed by atoms with Crippen LogP contribution in [0.4, 0.5) is 5.95 Å². The summed E-state index contributed by atoms with van der Waals surface area (Å²) in [7, 11) is 1.98. The molecule has 16 heavy (non-hydrogen) atoms. The van der Waals surface area contributed by atoms with Gasteiger partial charge in [-0.15, -0.1) is 0 Å². The predicted octanol–water partition coefficient (Wildman–Crippen LogP) is 1.47. The van der Waals surface area contributed by atoms with Crippen molar-refractivity contribution in [3.8, 4) is 0 Å². The third-order valence-electron chi connectivity index (χ3n) is 3.11. The van der Waals surface area contributed by atoms with Gasteiger partial charge in [0.05, 0.1) is 11.8 Å². The smallest absolute Gasteiger partial charge is 0.225 e. The van der Waals surface area contributed by atoms with Crippen LogP contribution in [-0.2, 0) is 0 Å². The summed E-state index contributed by atoms with van der Waals surface area (Å²) in [5.74, 6) is 0.705. The van der Waals surface area contributed by atoms with E-state index in [0.29, 0.717) is 12.0 Å². The molecule has 0 amide bonds. The Bertz CT molecular complexity index is 380. The molecule has 1 aliphatic carbocycles. The molecule has 86 valence electrons. The number of anilines is 1. The van der Waals surface area contributed by atoms with Gasteiger partial charge in [-0.1, -0.05) is 6.58 Å². The van der Waals surface area contributed by atoms with Gasteiger partial charge in [0, 0.05) is 19.3 Å². The van der Waals surface area contributed by atoms with E-state index in [2.05, 4.69) is 16.5 Å². The maximum Gasteiger partial charge on any atom is 0.225 e. The first-order valence-electron chi connectivity index (χ1n) is 5.57. The van der Waals surface area contributed by atoms with Crippen molar-refractivity contribution in [2.75, 3.05) is 11.9 Å². The molecule has 1 saturated carbocycles. The van der Waals surface area contributed by atoms with E-state index in [4.69, 9.17) is 0 Å². The van der Waals surface area contributed by atoms with Gasteiger partial charge in [0.2, 0.25) is 5.95 Å². The van der Waals surface area contributed by atoms with Crippen molar-refractivity contribution in [3.05, 3.63) is 24.5 Å². The lowest BCUT2D eigenvalue weighted by atomic mass is 10.2. The molecular weight excluding hydrogens is 202 g/mol. The van der Waals surface area contributed by atoms with E-state index < -0.39 is 0 Å². The van der Waals surface area contributed by atoms with E-state index in [1.54, 1.807) is 12.3 Å². The molecule has 0 bridgehead atoms. The van der Waals surface area contributed by atoms with Crippen molar-refractivity contribution >= 4 is 12.0 Å². The molecule has 1 aromatic rings. The molecule has 2 unspecified atom stereocenters. The first kappa shape index (κ1) is 11.1. The lowest BCUT2D eigenvalue weighted by molar-refractivity contribution is 0.181. The van der Waals surface area contributed by atoms with Crippen molar-refractivity contribution in [1.82, 2.24) is 9.97 Å². The normalized spacial score (nSPS) is 24.4. The van der Waals surface area contributed by atoms with E-state index in [1.165, 1.54) is 0 Å². The molecule has 2 rings (SSSR count). The number of hydrogen-bond acceptors (Lipinski definition) is 4. The van der Waals surface area contributed by atoms with Gasteiger partial charge in [0.25, 0.3) is 0 Å². The average Bonchev–Trinajstić information content (AvgIpc) is 2.75. The summed E-state index contributed by atoms with van der Waals surface area (Å²) in [6.45, 7) is 3.69. The Morgan fingerprint density at radius 1 is 1.56 bits per heavy atom. The van der Waals surface area contributed by atoms with Crippen LogP contribution < -0.4 is 4.90 Å². The van der Waals surface area contributed by atoms with E-state index in [9.17, 15) is 5.11 Å². The number of rotatable bonds is 3. The first-order chi connectivity index (χ1) is 7.70. The largest absolute Gasteiger partial charge is 0.393 e. The fourth-order valence-electron chi connectivity index (χ4n) is 2.10. The summed E-state index contributed by atoms with van der Waals surface area (Å²) in [6, 6.07) is 2.17. The van der Waals surface area contributed by atoms with Gasteiger partial charge in [0.15, 0.2) is 0 Å². The highest BCUT2D eigenvalue weighted by atomic mass is 16.3. The van der Waals surface area contributed by atoms with Gasteiger partial charge >= 0.3 is 0 Å². The Kier molecular flexibility index (Phi) is 3.19. The topological polar surface area (TPSA) is 49.2 Å². The van der Waals surface area contributed by atoms with Crippen molar-refractivity contribution in [2.45, 2.75) is 31.4 Å². The summed E-state index contributed by atoms with van der Waals surface area (Å²) in [5, 5.41) is 9.51. The van der Waals surface area contributed by atoms with Crippen LogP contribution in [0.2, 0.25) is 0 Å². The van der Waals surface area contributed by atoms with Crippen LogP contribution in [0.15, 0.2) is 18.8 Å². The Morgan fingerprint density at radius 3 is 3.00 bits per heavy atom. The molecule has 1 heterocycles. The number of nitrogens with zero attached hydrogens (tertiary/aromatic N) is 3. The van der Waals surface area contributed by atoms with Gasteiger partial charge in [-0.3, -0.25) is 0 Å². The molecule has 1 N–H and O–H groups in total. The van der Waals surface area contributed by atoms with Crippen LogP contribution in [0.25, 0.3) is 6.08 Å². The molecule has 1 aliphatic rings. The summed E-state index contributed by atoms with van der Waals surface area (Å²) in [5.41, 5.74) is 0.829. The lowest BCUT2D eigenvalue weighted by Crippen LogP contribution is -2.31. The number of aliphatic hydroxyl groups excluding tert-OH is 1. The Hall–Kier alpha value is -1.42. The highest BCUT2D eigenvalue weighted by Gasteiger charge is 2.27. The fraction of sp³-hybridized carbons (Fsp3) is 0.500. The minimum atomic E-state index is -0.171. The second kappa shape index (κ2) is 4.61. The molecule has 0 saturated heterocycles.